The number of aromatic nitrogens is 2. The van der Waals surface area contributed by atoms with Crippen molar-refractivity contribution in [2.24, 2.45) is 0 Å². The molecular weight excluding hydrogens is 316 g/mol. The van der Waals surface area contributed by atoms with Crippen LogP contribution in [0.2, 0.25) is 0 Å². The number of halogens is 1. The minimum Gasteiger partial charge on any atom is -0.314 e. The summed E-state index contributed by atoms with van der Waals surface area (Å²) < 4.78 is 1.07. The second kappa shape index (κ2) is 6.43. The fraction of sp³-hybridized carbons (Fsp3) is 0.333. The van der Waals surface area contributed by atoms with Gasteiger partial charge in [0.25, 0.3) is 0 Å². The van der Waals surface area contributed by atoms with E-state index < -0.39 is 0 Å². The second-order valence-electron chi connectivity index (χ2n) is 4.89. The Morgan fingerprint density at radius 2 is 2.05 bits per heavy atom. The highest BCUT2D eigenvalue weighted by molar-refractivity contribution is 9.10. The van der Waals surface area contributed by atoms with E-state index in [-0.39, 0.29) is 0 Å². The summed E-state index contributed by atoms with van der Waals surface area (Å²) in [5, 5.41) is 3.36. The van der Waals surface area contributed by atoms with Crippen molar-refractivity contribution in [3.8, 4) is 11.3 Å². The Morgan fingerprint density at radius 1 is 1.20 bits per heavy atom. The molecule has 20 heavy (non-hydrogen) atoms. The number of piperazine rings is 1. The van der Waals surface area contributed by atoms with E-state index in [1.54, 1.807) is 0 Å². The van der Waals surface area contributed by atoms with E-state index in [1.807, 2.05) is 24.4 Å². The van der Waals surface area contributed by atoms with Crippen LogP contribution in [0, 0.1) is 0 Å². The topological polar surface area (TPSA) is 41.1 Å². The molecule has 0 saturated carbocycles. The van der Waals surface area contributed by atoms with E-state index in [0.717, 1.165) is 54.3 Å². The van der Waals surface area contributed by atoms with Crippen LogP contribution in [-0.4, -0.2) is 41.0 Å². The fourth-order valence-electron chi connectivity index (χ4n) is 2.35. The van der Waals surface area contributed by atoms with Crippen LogP contribution in [0.3, 0.4) is 0 Å². The lowest BCUT2D eigenvalue weighted by molar-refractivity contribution is 0.228. The lowest BCUT2D eigenvalue weighted by Gasteiger charge is -2.26. The Kier molecular flexibility index (Phi) is 4.40. The Morgan fingerprint density at radius 3 is 2.85 bits per heavy atom. The Labute approximate surface area is 127 Å². The van der Waals surface area contributed by atoms with Crippen LogP contribution in [0.25, 0.3) is 11.3 Å². The molecule has 1 aliphatic heterocycles. The molecule has 4 nitrogen and oxygen atoms in total. The molecule has 1 N–H and O–H groups in total. The lowest BCUT2D eigenvalue weighted by Crippen LogP contribution is -2.43. The molecule has 104 valence electrons. The predicted molar refractivity (Wildman–Crippen MR) is 83.3 cm³/mol. The number of nitrogens with zero attached hydrogens (tertiary/aromatic N) is 3. The SMILES string of the molecule is Brc1cccc(-c2ccnc(CN3CCNCC3)n2)c1. The number of hydrogen-bond acceptors (Lipinski definition) is 4. The van der Waals surface area contributed by atoms with Gasteiger partial charge < -0.3 is 5.32 Å². The van der Waals surface area contributed by atoms with Gasteiger partial charge in [-0.2, -0.15) is 0 Å². The van der Waals surface area contributed by atoms with Crippen molar-refractivity contribution in [2.45, 2.75) is 6.54 Å². The molecule has 2 aromatic rings. The quantitative estimate of drug-likeness (QED) is 0.936. The van der Waals surface area contributed by atoms with Crippen molar-refractivity contribution >= 4 is 15.9 Å². The van der Waals surface area contributed by atoms with E-state index in [4.69, 9.17) is 0 Å². The number of hydrogen-bond donors (Lipinski definition) is 1. The molecule has 1 aromatic carbocycles. The van der Waals surface area contributed by atoms with Crippen LogP contribution in [0.15, 0.2) is 41.0 Å². The Bertz CT molecular complexity index is 582. The first-order valence-electron chi connectivity index (χ1n) is 6.82. The fourth-order valence-corrected chi connectivity index (χ4v) is 2.75. The monoisotopic (exact) mass is 332 g/mol. The molecule has 0 aliphatic carbocycles. The van der Waals surface area contributed by atoms with Crippen LogP contribution in [-0.2, 0) is 6.54 Å². The van der Waals surface area contributed by atoms with E-state index in [0.29, 0.717) is 0 Å². The van der Waals surface area contributed by atoms with E-state index in [9.17, 15) is 0 Å². The normalized spacial score (nSPS) is 16.2. The summed E-state index contributed by atoms with van der Waals surface area (Å²) in [6.07, 6.45) is 1.85. The summed E-state index contributed by atoms with van der Waals surface area (Å²) in [4.78, 5) is 11.5. The standard InChI is InChI=1S/C15H17BrN4/c16-13-3-1-2-12(10-13)14-4-5-18-15(19-14)11-20-8-6-17-7-9-20/h1-5,10,17H,6-9,11H2. The smallest absolute Gasteiger partial charge is 0.142 e. The maximum absolute atomic E-state index is 4.68. The molecular formula is C15H17BrN4. The minimum atomic E-state index is 0.823. The van der Waals surface area contributed by atoms with Crippen molar-refractivity contribution in [1.82, 2.24) is 20.2 Å². The first-order chi connectivity index (χ1) is 9.81. The zero-order chi connectivity index (χ0) is 13.8. The molecule has 1 saturated heterocycles. The van der Waals surface area contributed by atoms with Crippen LogP contribution in [0.4, 0.5) is 0 Å². The molecule has 0 radical (unpaired) electrons. The predicted octanol–water partition coefficient (Wildman–Crippen LogP) is 2.31. The average molecular weight is 333 g/mol. The van der Waals surface area contributed by atoms with E-state index in [1.165, 1.54) is 0 Å². The highest BCUT2D eigenvalue weighted by Crippen LogP contribution is 2.21. The van der Waals surface area contributed by atoms with Gasteiger partial charge >= 0.3 is 0 Å². The van der Waals surface area contributed by atoms with Gasteiger partial charge in [-0.1, -0.05) is 28.1 Å². The van der Waals surface area contributed by atoms with E-state index in [2.05, 4.69) is 48.2 Å². The molecule has 0 atom stereocenters. The molecule has 0 unspecified atom stereocenters. The van der Waals surface area contributed by atoms with Crippen molar-refractivity contribution in [3.63, 3.8) is 0 Å². The number of rotatable bonds is 3. The third-order valence-corrected chi connectivity index (χ3v) is 3.89. The molecule has 5 heteroatoms. The first-order valence-corrected chi connectivity index (χ1v) is 7.61. The summed E-state index contributed by atoms with van der Waals surface area (Å²) in [6, 6.07) is 10.2. The molecule has 2 heterocycles. The van der Waals surface area contributed by atoms with Crippen molar-refractivity contribution in [1.29, 1.82) is 0 Å². The van der Waals surface area contributed by atoms with Crippen LogP contribution >= 0.6 is 15.9 Å². The number of nitrogens with one attached hydrogen (secondary N) is 1. The highest BCUT2D eigenvalue weighted by Gasteiger charge is 2.11. The Balaban J connectivity index is 1.78. The van der Waals surface area contributed by atoms with Crippen LogP contribution < -0.4 is 5.32 Å². The molecule has 0 bridgehead atoms. The van der Waals surface area contributed by atoms with Crippen molar-refractivity contribution in [2.75, 3.05) is 26.2 Å². The molecule has 1 fully saturated rings. The third-order valence-electron chi connectivity index (χ3n) is 3.40. The summed E-state index contributed by atoms with van der Waals surface area (Å²) >= 11 is 3.50. The first kappa shape index (κ1) is 13.7. The number of benzene rings is 1. The van der Waals surface area contributed by atoms with E-state index >= 15 is 0 Å². The summed E-state index contributed by atoms with van der Waals surface area (Å²) in [6.45, 7) is 5.04. The molecule has 3 rings (SSSR count). The minimum absolute atomic E-state index is 0.823. The van der Waals surface area contributed by atoms with Crippen LogP contribution in [0.1, 0.15) is 5.82 Å². The third kappa shape index (κ3) is 3.42. The van der Waals surface area contributed by atoms with Gasteiger partial charge in [0, 0.05) is 42.4 Å². The maximum Gasteiger partial charge on any atom is 0.142 e. The molecule has 0 amide bonds. The lowest BCUT2D eigenvalue weighted by atomic mass is 10.1. The van der Waals surface area contributed by atoms with Gasteiger partial charge in [0.15, 0.2) is 0 Å². The van der Waals surface area contributed by atoms with Gasteiger partial charge in [-0.15, -0.1) is 0 Å². The summed E-state index contributed by atoms with van der Waals surface area (Å²) in [5.41, 5.74) is 2.09. The van der Waals surface area contributed by atoms with Crippen molar-refractivity contribution < 1.29 is 0 Å². The molecule has 1 aliphatic rings. The van der Waals surface area contributed by atoms with Crippen molar-refractivity contribution in [3.05, 3.63) is 46.8 Å². The van der Waals surface area contributed by atoms with Gasteiger partial charge in [0.2, 0.25) is 0 Å². The van der Waals surface area contributed by atoms with Gasteiger partial charge in [-0.25, -0.2) is 9.97 Å². The largest absolute Gasteiger partial charge is 0.314 e. The maximum atomic E-state index is 4.68. The zero-order valence-corrected chi connectivity index (χ0v) is 12.8. The van der Waals surface area contributed by atoms with Gasteiger partial charge in [0.1, 0.15) is 5.82 Å². The average Bonchev–Trinajstić information content (AvgIpc) is 2.49. The second-order valence-corrected chi connectivity index (χ2v) is 5.81. The highest BCUT2D eigenvalue weighted by atomic mass is 79.9. The summed E-state index contributed by atoms with van der Waals surface area (Å²) in [7, 11) is 0. The zero-order valence-electron chi connectivity index (χ0n) is 11.2. The summed E-state index contributed by atoms with van der Waals surface area (Å²) in [5.74, 6) is 0.893. The van der Waals surface area contributed by atoms with Gasteiger partial charge in [0.05, 0.1) is 12.2 Å². The molecule has 0 spiro atoms. The van der Waals surface area contributed by atoms with Gasteiger partial charge in [-0.3, -0.25) is 4.90 Å². The molecule has 1 aromatic heterocycles. The Hall–Kier alpha value is -1.30. The van der Waals surface area contributed by atoms with Crippen LogP contribution in [0.5, 0.6) is 0 Å². The van der Waals surface area contributed by atoms with Gasteiger partial charge in [-0.05, 0) is 18.2 Å².